The van der Waals surface area contributed by atoms with Crippen LogP contribution in [0.4, 0.5) is 5.95 Å². The average molecular weight is 347 g/mol. The molecule has 0 spiro atoms. The molecule has 1 fully saturated rings. The molecule has 0 bridgehead atoms. The van der Waals surface area contributed by atoms with Gasteiger partial charge < -0.3 is 9.64 Å². The SMILES string of the molecule is COc1cnc(NC(=O)C(=O)N2CCCC[C@@H]2c2nccs2)nc1. The van der Waals surface area contributed by atoms with Gasteiger partial charge >= 0.3 is 11.8 Å². The molecule has 24 heavy (non-hydrogen) atoms. The number of thiazole rings is 1. The van der Waals surface area contributed by atoms with Crippen LogP contribution in [-0.4, -0.2) is 45.3 Å². The van der Waals surface area contributed by atoms with Gasteiger partial charge in [-0.05, 0) is 19.3 Å². The summed E-state index contributed by atoms with van der Waals surface area (Å²) < 4.78 is 4.95. The molecule has 3 heterocycles. The molecule has 0 aliphatic carbocycles. The monoisotopic (exact) mass is 347 g/mol. The lowest BCUT2D eigenvalue weighted by Gasteiger charge is -2.33. The third kappa shape index (κ3) is 3.51. The maximum atomic E-state index is 12.5. The minimum Gasteiger partial charge on any atom is -0.494 e. The predicted molar refractivity (Wildman–Crippen MR) is 87.6 cm³/mol. The Morgan fingerprint density at radius 1 is 1.29 bits per heavy atom. The van der Waals surface area contributed by atoms with Crippen molar-refractivity contribution in [2.24, 2.45) is 0 Å². The van der Waals surface area contributed by atoms with E-state index in [0.29, 0.717) is 12.3 Å². The van der Waals surface area contributed by atoms with Crippen LogP contribution in [0, 0.1) is 0 Å². The highest BCUT2D eigenvalue weighted by molar-refractivity contribution is 7.09. The molecule has 126 valence electrons. The molecule has 1 atom stereocenters. The van der Waals surface area contributed by atoms with Crippen molar-refractivity contribution in [1.29, 1.82) is 0 Å². The molecule has 1 saturated heterocycles. The van der Waals surface area contributed by atoms with Gasteiger partial charge in [-0.25, -0.2) is 15.0 Å². The number of amides is 2. The van der Waals surface area contributed by atoms with Crippen LogP contribution in [0.5, 0.6) is 5.75 Å². The molecule has 8 nitrogen and oxygen atoms in total. The molecular formula is C15H17N5O3S. The summed E-state index contributed by atoms with van der Waals surface area (Å²) in [5, 5.41) is 5.16. The summed E-state index contributed by atoms with van der Waals surface area (Å²) in [6.45, 7) is 0.542. The summed E-state index contributed by atoms with van der Waals surface area (Å²) in [6, 6.07) is -0.145. The number of nitrogens with one attached hydrogen (secondary N) is 1. The Morgan fingerprint density at radius 3 is 2.75 bits per heavy atom. The third-order valence-electron chi connectivity index (χ3n) is 3.78. The number of piperidine rings is 1. The van der Waals surface area contributed by atoms with E-state index >= 15 is 0 Å². The van der Waals surface area contributed by atoms with Crippen LogP contribution < -0.4 is 10.1 Å². The van der Waals surface area contributed by atoms with E-state index in [1.165, 1.54) is 30.8 Å². The summed E-state index contributed by atoms with van der Waals surface area (Å²) in [4.78, 5) is 38.5. The molecule has 0 radical (unpaired) electrons. The first kappa shape index (κ1) is 16.3. The predicted octanol–water partition coefficient (Wildman–Crippen LogP) is 1.63. The molecule has 0 saturated carbocycles. The van der Waals surface area contributed by atoms with Crippen molar-refractivity contribution in [2.75, 3.05) is 19.0 Å². The largest absolute Gasteiger partial charge is 0.494 e. The quantitative estimate of drug-likeness (QED) is 0.848. The van der Waals surface area contributed by atoms with Crippen LogP contribution >= 0.6 is 11.3 Å². The molecule has 1 aliphatic heterocycles. The standard InChI is InChI=1S/C15H17N5O3S/c1-23-10-8-17-15(18-9-10)19-12(21)14(22)20-6-3-2-4-11(20)13-16-5-7-24-13/h5,7-9,11H,2-4,6H2,1H3,(H,17,18,19,21)/t11-/m1/s1. The molecule has 2 aromatic heterocycles. The van der Waals surface area contributed by atoms with Gasteiger partial charge in [0.15, 0.2) is 5.75 Å². The van der Waals surface area contributed by atoms with Crippen LogP contribution in [-0.2, 0) is 9.59 Å². The van der Waals surface area contributed by atoms with Crippen molar-refractivity contribution in [2.45, 2.75) is 25.3 Å². The number of nitrogens with zero attached hydrogens (tertiary/aromatic N) is 4. The first-order valence-corrected chi connectivity index (χ1v) is 8.44. The summed E-state index contributed by atoms with van der Waals surface area (Å²) in [5.74, 6) is -0.797. The van der Waals surface area contributed by atoms with E-state index in [1.807, 2.05) is 5.38 Å². The molecule has 2 aromatic rings. The number of methoxy groups -OCH3 is 1. The minimum absolute atomic E-state index is 0.0666. The number of hydrogen-bond acceptors (Lipinski definition) is 7. The van der Waals surface area contributed by atoms with Crippen molar-refractivity contribution in [1.82, 2.24) is 19.9 Å². The zero-order chi connectivity index (χ0) is 16.9. The summed E-state index contributed by atoms with van der Waals surface area (Å²) in [7, 11) is 1.50. The van der Waals surface area contributed by atoms with Crippen LogP contribution in [0.2, 0.25) is 0 Å². The Hall–Kier alpha value is -2.55. The molecule has 1 aliphatic rings. The van der Waals surface area contributed by atoms with E-state index in [4.69, 9.17) is 4.74 Å². The first-order chi connectivity index (χ1) is 11.7. The van der Waals surface area contributed by atoms with E-state index in [1.54, 1.807) is 11.1 Å². The molecule has 0 unspecified atom stereocenters. The van der Waals surface area contributed by atoms with Crippen molar-refractivity contribution in [3.8, 4) is 5.75 Å². The average Bonchev–Trinajstić information content (AvgIpc) is 3.16. The number of rotatable bonds is 3. The molecule has 9 heteroatoms. The molecule has 0 aromatic carbocycles. The second-order valence-corrected chi connectivity index (χ2v) is 6.21. The lowest BCUT2D eigenvalue weighted by Crippen LogP contribution is -2.44. The van der Waals surface area contributed by atoms with Crippen molar-refractivity contribution >= 4 is 29.1 Å². The van der Waals surface area contributed by atoms with Gasteiger partial charge in [0.05, 0.1) is 25.5 Å². The van der Waals surface area contributed by atoms with Crippen LogP contribution in [0.3, 0.4) is 0 Å². The Morgan fingerprint density at radius 2 is 2.08 bits per heavy atom. The number of aromatic nitrogens is 3. The van der Waals surface area contributed by atoms with E-state index < -0.39 is 11.8 Å². The van der Waals surface area contributed by atoms with Gasteiger partial charge in [-0.2, -0.15) is 0 Å². The fraction of sp³-hybridized carbons (Fsp3) is 0.400. The lowest BCUT2D eigenvalue weighted by molar-refractivity contribution is -0.145. The molecule has 3 rings (SSSR count). The summed E-state index contributed by atoms with van der Waals surface area (Å²) in [5.41, 5.74) is 0. The highest BCUT2D eigenvalue weighted by atomic mass is 32.1. The highest BCUT2D eigenvalue weighted by Crippen LogP contribution is 2.32. The van der Waals surface area contributed by atoms with Gasteiger partial charge in [0.2, 0.25) is 5.95 Å². The topological polar surface area (TPSA) is 97.3 Å². The Balaban J connectivity index is 1.70. The molecular weight excluding hydrogens is 330 g/mol. The van der Waals surface area contributed by atoms with E-state index in [0.717, 1.165) is 24.3 Å². The van der Waals surface area contributed by atoms with Crippen LogP contribution in [0.1, 0.15) is 30.3 Å². The van der Waals surface area contributed by atoms with Crippen LogP contribution in [0.25, 0.3) is 0 Å². The molecule has 1 N–H and O–H groups in total. The van der Waals surface area contributed by atoms with Crippen molar-refractivity contribution < 1.29 is 14.3 Å². The van der Waals surface area contributed by atoms with Gasteiger partial charge in [0.25, 0.3) is 0 Å². The lowest BCUT2D eigenvalue weighted by atomic mass is 10.0. The normalized spacial score (nSPS) is 17.4. The second kappa shape index (κ2) is 7.35. The van der Waals surface area contributed by atoms with Gasteiger partial charge in [-0.15, -0.1) is 11.3 Å². The smallest absolute Gasteiger partial charge is 0.316 e. The van der Waals surface area contributed by atoms with Crippen molar-refractivity contribution in [3.05, 3.63) is 29.0 Å². The number of ether oxygens (including phenoxy) is 1. The van der Waals surface area contributed by atoms with Crippen LogP contribution in [0.15, 0.2) is 24.0 Å². The fourth-order valence-corrected chi connectivity index (χ4v) is 3.39. The Kier molecular flexibility index (Phi) is 4.99. The fourth-order valence-electron chi connectivity index (χ4n) is 2.60. The number of likely N-dealkylation sites (tertiary alicyclic amines) is 1. The third-order valence-corrected chi connectivity index (χ3v) is 4.66. The first-order valence-electron chi connectivity index (χ1n) is 7.56. The van der Waals surface area contributed by atoms with E-state index in [-0.39, 0.29) is 12.0 Å². The number of carbonyl (C=O) groups is 2. The van der Waals surface area contributed by atoms with E-state index in [9.17, 15) is 9.59 Å². The molecule has 2 amide bonds. The maximum absolute atomic E-state index is 12.5. The summed E-state index contributed by atoms with van der Waals surface area (Å²) >= 11 is 1.50. The Bertz CT molecular complexity index is 704. The number of anilines is 1. The maximum Gasteiger partial charge on any atom is 0.316 e. The zero-order valence-electron chi connectivity index (χ0n) is 13.1. The second-order valence-electron chi connectivity index (χ2n) is 5.28. The van der Waals surface area contributed by atoms with Crippen molar-refractivity contribution in [3.63, 3.8) is 0 Å². The van der Waals surface area contributed by atoms with Gasteiger partial charge in [0, 0.05) is 18.1 Å². The van der Waals surface area contributed by atoms with Gasteiger partial charge in [-0.1, -0.05) is 0 Å². The van der Waals surface area contributed by atoms with E-state index in [2.05, 4.69) is 20.3 Å². The zero-order valence-corrected chi connectivity index (χ0v) is 14.0. The highest BCUT2D eigenvalue weighted by Gasteiger charge is 2.33. The van der Waals surface area contributed by atoms with Gasteiger partial charge in [0.1, 0.15) is 5.01 Å². The number of carbonyl (C=O) groups excluding carboxylic acids is 2. The number of hydrogen-bond donors (Lipinski definition) is 1. The Labute approximate surface area is 142 Å². The summed E-state index contributed by atoms with van der Waals surface area (Å²) in [6.07, 6.45) is 7.25. The minimum atomic E-state index is -0.747. The van der Waals surface area contributed by atoms with Gasteiger partial charge in [-0.3, -0.25) is 14.9 Å².